The fourth-order valence-electron chi connectivity index (χ4n) is 1.84. The summed E-state index contributed by atoms with van der Waals surface area (Å²) in [5, 5.41) is 20.1. The standard InChI is InChI=1S/C14H21NO7/c1-8(16)3-5-11(14(21)22)15-12(18)6-4-10(13(19)20)7-9(2)17/h10-11H,3-7H2,1-2H3,(H,15,18)(H,19,20)(H,21,22)/t10-,11+/m1/s1. The lowest BCUT2D eigenvalue weighted by molar-refractivity contribution is -0.145. The highest BCUT2D eigenvalue weighted by molar-refractivity contribution is 5.85. The van der Waals surface area contributed by atoms with Crippen LogP contribution < -0.4 is 5.32 Å². The number of carbonyl (C=O) groups excluding carboxylic acids is 3. The number of hydrogen-bond donors (Lipinski definition) is 3. The molecule has 0 aromatic rings. The van der Waals surface area contributed by atoms with Crippen molar-refractivity contribution in [2.75, 3.05) is 0 Å². The van der Waals surface area contributed by atoms with Crippen LogP contribution in [0.15, 0.2) is 0 Å². The van der Waals surface area contributed by atoms with E-state index in [1.807, 2.05) is 0 Å². The minimum absolute atomic E-state index is 0.0216. The first-order valence-electron chi connectivity index (χ1n) is 6.87. The molecule has 8 heteroatoms. The Morgan fingerprint density at radius 1 is 0.864 bits per heavy atom. The Kier molecular flexibility index (Phi) is 8.66. The van der Waals surface area contributed by atoms with E-state index in [1.165, 1.54) is 13.8 Å². The number of amides is 1. The number of hydrogen-bond acceptors (Lipinski definition) is 5. The maximum atomic E-state index is 11.7. The van der Waals surface area contributed by atoms with Gasteiger partial charge >= 0.3 is 11.9 Å². The van der Waals surface area contributed by atoms with Gasteiger partial charge < -0.3 is 25.1 Å². The Morgan fingerprint density at radius 3 is 1.86 bits per heavy atom. The second-order valence-corrected chi connectivity index (χ2v) is 5.18. The highest BCUT2D eigenvalue weighted by Crippen LogP contribution is 2.12. The SMILES string of the molecule is CC(=O)CC[C@H](NC(=O)CC[C@H](CC(C)=O)C(=O)O)C(=O)O. The maximum absolute atomic E-state index is 11.7. The Bertz CT molecular complexity index is 458. The third kappa shape index (κ3) is 8.83. The summed E-state index contributed by atoms with van der Waals surface area (Å²) in [4.78, 5) is 55.4. The first-order chi connectivity index (χ1) is 10.1. The van der Waals surface area contributed by atoms with Crippen LogP contribution in [-0.2, 0) is 24.0 Å². The Morgan fingerprint density at radius 2 is 1.45 bits per heavy atom. The van der Waals surface area contributed by atoms with Gasteiger partial charge in [-0.25, -0.2) is 4.79 Å². The van der Waals surface area contributed by atoms with Crippen molar-refractivity contribution in [3.63, 3.8) is 0 Å². The van der Waals surface area contributed by atoms with Gasteiger partial charge in [-0.2, -0.15) is 0 Å². The Labute approximate surface area is 127 Å². The molecule has 0 radical (unpaired) electrons. The van der Waals surface area contributed by atoms with E-state index in [2.05, 4.69) is 5.32 Å². The molecule has 0 fully saturated rings. The van der Waals surface area contributed by atoms with E-state index in [-0.39, 0.29) is 43.7 Å². The lowest BCUT2D eigenvalue weighted by Gasteiger charge is -2.15. The number of carbonyl (C=O) groups is 5. The van der Waals surface area contributed by atoms with Crippen molar-refractivity contribution in [1.29, 1.82) is 0 Å². The first kappa shape index (κ1) is 19.8. The van der Waals surface area contributed by atoms with Crippen molar-refractivity contribution in [1.82, 2.24) is 5.32 Å². The molecule has 2 atom stereocenters. The molecule has 0 saturated heterocycles. The molecule has 0 aliphatic rings. The molecule has 0 saturated carbocycles. The summed E-state index contributed by atoms with van der Waals surface area (Å²) in [6.07, 6.45) is -0.422. The van der Waals surface area contributed by atoms with Crippen LogP contribution in [0.5, 0.6) is 0 Å². The Hall–Kier alpha value is -2.25. The summed E-state index contributed by atoms with van der Waals surface area (Å²) in [5.41, 5.74) is 0. The number of carboxylic acids is 2. The fraction of sp³-hybridized carbons (Fsp3) is 0.643. The molecule has 0 aromatic carbocycles. The smallest absolute Gasteiger partial charge is 0.326 e. The molecule has 0 heterocycles. The van der Waals surface area contributed by atoms with Gasteiger partial charge in [-0.3, -0.25) is 9.59 Å². The summed E-state index contributed by atoms with van der Waals surface area (Å²) in [5.74, 6) is -4.50. The quantitative estimate of drug-likeness (QED) is 0.501. The normalized spacial score (nSPS) is 13.0. The van der Waals surface area contributed by atoms with Crippen LogP contribution in [-0.4, -0.2) is 45.7 Å². The van der Waals surface area contributed by atoms with Crippen LogP contribution in [0.2, 0.25) is 0 Å². The number of rotatable bonds is 11. The largest absolute Gasteiger partial charge is 0.481 e. The van der Waals surface area contributed by atoms with Gasteiger partial charge in [-0.15, -0.1) is 0 Å². The molecule has 0 aliphatic heterocycles. The van der Waals surface area contributed by atoms with Crippen LogP contribution in [0.25, 0.3) is 0 Å². The predicted octanol–water partition coefficient (Wildman–Crippen LogP) is 0.385. The van der Waals surface area contributed by atoms with Gasteiger partial charge in [0.25, 0.3) is 0 Å². The second-order valence-electron chi connectivity index (χ2n) is 5.18. The van der Waals surface area contributed by atoms with E-state index in [0.717, 1.165) is 0 Å². The zero-order chi connectivity index (χ0) is 17.3. The van der Waals surface area contributed by atoms with Gasteiger partial charge in [0, 0.05) is 19.3 Å². The van der Waals surface area contributed by atoms with Crippen molar-refractivity contribution in [2.24, 2.45) is 5.92 Å². The molecule has 1 amide bonds. The molecule has 0 rings (SSSR count). The molecule has 0 bridgehead atoms. The number of Topliss-reactive ketones (excluding diaryl/α,β-unsaturated/α-hetero) is 2. The lowest BCUT2D eigenvalue weighted by Crippen LogP contribution is -2.41. The average Bonchev–Trinajstić information content (AvgIpc) is 2.37. The van der Waals surface area contributed by atoms with E-state index in [4.69, 9.17) is 10.2 Å². The third-order valence-corrected chi connectivity index (χ3v) is 3.02. The van der Waals surface area contributed by atoms with Crippen LogP contribution >= 0.6 is 0 Å². The van der Waals surface area contributed by atoms with Crippen LogP contribution in [0.1, 0.15) is 46.0 Å². The van der Waals surface area contributed by atoms with Gasteiger partial charge in [0.05, 0.1) is 5.92 Å². The van der Waals surface area contributed by atoms with E-state index < -0.39 is 29.8 Å². The van der Waals surface area contributed by atoms with Crippen molar-refractivity contribution in [3.05, 3.63) is 0 Å². The molecule has 8 nitrogen and oxygen atoms in total. The van der Waals surface area contributed by atoms with E-state index in [9.17, 15) is 24.0 Å². The van der Waals surface area contributed by atoms with Crippen LogP contribution in [0.3, 0.4) is 0 Å². The van der Waals surface area contributed by atoms with Gasteiger partial charge in [-0.1, -0.05) is 0 Å². The van der Waals surface area contributed by atoms with Crippen molar-refractivity contribution < 1.29 is 34.2 Å². The van der Waals surface area contributed by atoms with Gasteiger partial charge in [0.1, 0.15) is 17.6 Å². The average molecular weight is 315 g/mol. The van der Waals surface area contributed by atoms with E-state index in [1.54, 1.807) is 0 Å². The third-order valence-electron chi connectivity index (χ3n) is 3.02. The van der Waals surface area contributed by atoms with Crippen molar-refractivity contribution in [3.8, 4) is 0 Å². The first-order valence-corrected chi connectivity index (χ1v) is 6.87. The van der Waals surface area contributed by atoms with Crippen LogP contribution in [0.4, 0.5) is 0 Å². The summed E-state index contributed by atoms with van der Waals surface area (Å²) < 4.78 is 0. The number of aliphatic carboxylic acids is 2. The fourth-order valence-corrected chi connectivity index (χ4v) is 1.84. The highest BCUT2D eigenvalue weighted by Gasteiger charge is 2.23. The minimum atomic E-state index is -1.26. The van der Waals surface area contributed by atoms with E-state index >= 15 is 0 Å². The topological polar surface area (TPSA) is 138 Å². The van der Waals surface area contributed by atoms with Gasteiger partial charge in [0.2, 0.25) is 5.91 Å². The summed E-state index contributed by atoms with van der Waals surface area (Å²) in [7, 11) is 0. The second kappa shape index (κ2) is 9.64. The van der Waals surface area contributed by atoms with Gasteiger partial charge in [-0.05, 0) is 26.7 Å². The van der Waals surface area contributed by atoms with Gasteiger partial charge in [0.15, 0.2) is 0 Å². The predicted molar refractivity (Wildman–Crippen MR) is 75.1 cm³/mol. The molecule has 0 aromatic heterocycles. The summed E-state index contributed by atoms with van der Waals surface area (Å²) in [6, 6.07) is -1.19. The molecule has 22 heavy (non-hydrogen) atoms. The number of nitrogens with one attached hydrogen (secondary N) is 1. The zero-order valence-corrected chi connectivity index (χ0v) is 12.6. The molecule has 3 N–H and O–H groups in total. The van der Waals surface area contributed by atoms with Crippen LogP contribution in [0, 0.1) is 5.92 Å². The summed E-state index contributed by atoms with van der Waals surface area (Å²) in [6.45, 7) is 2.58. The number of carboxylic acid groups (broad SMARTS) is 2. The molecular weight excluding hydrogens is 294 g/mol. The molecule has 0 aliphatic carbocycles. The van der Waals surface area contributed by atoms with Crippen molar-refractivity contribution in [2.45, 2.75) is 52.0 Å². The van der Waals surface area contributed by atoms with E-state index in [0.29, 0.717) is 0 Å². The summed E-state index contributed by atoms with van der Waals surface area (Å²) >= 11 is 0. The molecule has 0 spiro atoms. The molecule has 0 unspecified atom stereocenters. The van der Waals surface area contributed by atoms with Crippen molar-refractivity contribution >= 4 is 29.4 Å². The zero-order valence-electron chi connectivity index (χ0n) is 12.6. The minimum Gasteiger partial charge on any atom is -0.481 e. The highest BCUT2D eigenvalue weighted by atomic mass is 16.4. The lowest BCUT2D eigenvalue weighted by atomic mass is 9.97. The maximum Gasteiger partial charge on any atom is 0.326 e. The Balaban J connectivity index is 4.44. The number of ketones is 2. The molecular formula is C14H21NO7. The monoisotopic (exact) mass is 315 g/mol. The molecule has 124 valence electrons.